The zero-order chi connectivity index (χ0) is 25.2. The molecule has 186 valence electrons. The van der Waals surface area contributed by atoms with E-state index in [1.165, 1.54) is 0 Å². The van der Waals surface area contributed by atoms with E-state index in [1.54, 1.807) is 0 Å². The molecule has 0 bridgehead atoms. The van der Waals surface area contributed by atoms with E-state index in [1.807, 2.05) is 72.8 Å². The fourth-order valence-electron chi connectivity index (χ4n) is 3.71. The summed E-state index contributed by atoms with van der Waals surface area (Å²) in [6.45, 7) is 8.10. The summed E-state index contributed by atoms with van der Waals surface area (Å²) in [5, 5.41) is 0. The molecule has 0 fully saturated rings. The fourth-order valence-corrected chi connectivity index (χ4v) is 3.71. The predicted molar refractivity (Wildman–Crippen MR) is 143 cm³/mol. The highest BCUT2D eigenvalue weighted by Crippen LogP contribution is 2.35. The van der Waals surface area contributed by atoms with E-state index in [2.05, 4.69) is 20.8 Å². The molecule has 0 aliphatic rings. The highest BCUT2D eigenvalue weighted by molar-refractivity contribution is 5.73. The largest absolute Gasteiger partial charge is 0.493 e. The van der Waals surface area contributed by atoms with E-state index in [0.29, 0.717) is 37.3 Å². The molecule has 3 aromatic carbocycles. The third-order valence-corrected chi connectivity index (χ3v) is 5.40. The van der Waals surface area contributed by atoms with Crippen molar-refractivity contribution >= 4 is 0 Å². The molecule has 6 heteroatoms. The van der Waals surface area contributed by atoms with Crippen LogP contribution in [-0.2, 0) is 0 Å². The molecule has 0 unspecified atom stereocenters. The molecular weight excluding hydrogens is 450 g/mol. The molecule has 1 aromatic heterocycles. The Labute approximate surface area is 213 Å². The number of rotatable bonds is 12. The van der Waals surface area contributed by atoms with Crippen molar-refractivity contribution in [3.8, 4) is 51.4 Å². The summed E-state index contributed by atoms with van der Waals surface area (Å²) >= 11 is 0. The van der Waals surface area contributed by atoms with Gasteiger partial charge in [0.05, 0.1) is 36.5 Å². The van der Waals surface area contributed by atoms with Gasteiger partial charge in [0.1, 0.15) is 17.2 Å². The Morgan fingerprint density at radius 2 is 0.722 bits per heavy atom. The highest BCUT2D eigenvalue weighted by Gasteiger charge is 2.19. The summed E-state index contributed by atoms with van der Waals surface area (Å²) in [6.07, 6.45) is 2.73. The van der Waals surface area contributed by atoms with Gasteiger partial charge < -0.3 is 14.2 Å². The van der Waals surface area contributed by atoms with E-state index in [4.69, 9.17) is 29.2 Å². The van der Waals surface area contributed by atoms with E-state index >= 15 is 0 Å². The Bertz CT molecular complexity index is 1110. The van der Waals surface area contributed by atoms with Gasteiger partial charge in [-0.15, -0.1) is 0 Å². The second kappa shape index (κ2) is 12.7. The third kappa shape index (κ3) is 6.00. The lowest BCUT2D eigenvalue weighted by Crippen LogP contribution is -2.05. The normalized spacial score (nSPS) is 10.8. The van der Waals surface area contributed by atoms with E-state index in [0.717, 1.165) is 53.2 Å². The minimum Gasteiger partial charge on any atom is -0.493 e. The molecule has 0 aliphatic carbocycles. The third-order valence-electron chi connectivity index (χ3n) is 5.40. The quantitative estimate of drug-likeness (QED) is 0.212. The molecule has 6 nitrogen and oxygen atoms in total. The van der Waals surface area contributed by atoms with Gasteiger partial charge in [-0.1, -0.05) is 57.2 Å². The van der Waals surface area contributed by atoms with Crippen molar-refractivity contribution in [3.05, 3.63) is 72.8 Å². The van der Waals surface area contributed by atoms with Crippen LogP contribution in [-0.4, -0.2) is 34.8 Å². The summed E-state index contributed by atoms with van der Waals surface area (Å²) in [5.74, 6) is 3.85. The summed E-state index contributed by atoms with van der Waals surface area (Å²) in [7, 11) is 0. The molecular formula is C30H33N3O3. The molecule has 36 heavy (non-hydrogen) atoms. The van der Waals surface area contributed by atoms with Gasteiger partial charge in [0.15, 0.2) is 17.5 Å². The van der Waals surface area contributed by atoms with Crippen molar-refractivity contribution in [2.24, 2.45) is 0 Å². The predicted octanol–water partition coefficient (Wildman–Crippen LogP) is 7.24. The Balaban J connectivity index is 1.91. The maximum absolute atomic E-state index is 6.04. The number of para-hydroxylation sites is 3. The Hall–Kier alpha value is -3.93. The van der Waals surface area contributed by atoms with Gasteiger partial charge in [-0.25, -0.2) is 15.0 Å². The number of ether oxygens (including phenoxy) is 3. The van der Waals surface area contributed by atoms with Crippen LogP contribution < -0.4 is 14.2 Å². The van der Waals surface area contributed by atoms with Crippen molar-refractivity contribution in [2.45, 2.75) is 40.0 Å². The molecule has 0 amide bonds. The van der Waals surface area contributed by atoms with Crippen LogP contribution in [0.25, 0.3) is 34.2 Å². The molecule has 0 spiro atoms. The molecule has 0 aliphatic heterocycles. The zero-order valence-corrected chi connectivity index (χ0v) is 21.2. The highest BCUT2D eigenvalue weighted by atomic mass is 16.5. The van der Waals surface area contributed by atoms with Crippen LogP contribution in [0, 0.1) is 0 Å². The Morgan fingerprint density at radius 1 is 0.444 bits per heavy atom. The molecule has 0 saturated carbocycles. The van der Waals surface area contributed by atoms with Crippen molar-refractivity contribution in [1.82, 2.24) is 15.0 Å². The van der Waals surface area contributed by atoms with E-state index in [-0.39, 0.29) is 0 Å². The molecule has 4 aromatic rings. The first-order valence-electron chi connectivity index (χ1n) is 12.7. The van der Waals surface area contributed by atoms with Crippen LogP contribution in [0.2, 0.25) is 0 Å². The van der Waals surface area contributed by atoms with Gasteiger partial charge in [0.2, 0.25) is 0 Å². The summed E-state index contributed by atoms with van der Waals surface area (Å²) < 4.78 is 18.1. The summed E-state index contributed by atoms with van der Waals surface area (Å²) in [5.41, 5.74) is 2.44. The second-order valence-corrected chi connectivity index (χ2v) is 8.34. The lowest BCUT2D eigenvalue weighted by atomic mass is 10.1. The van der Waals surface area contributed by atoms with Crippen LogP contribution in [0.3, 0.4) is 0 Å². The SMILES string of the molecule is CCCOc1ccccc1-c1nc(-c2ccccc2OCCC)nc(-c2ccccc2OCCC)n1. The van der Waals surface area contributed by atoms with Gasteiger partial charge in [-0.05, 0) is 55.7 Å². The van der Waals surface area contributed by atoms with Crippen molar-refractivity contribution in [3.63, 3.8) is 0 Å². The smallest absolute Gasteiger partial charge is 0.167 e. The van der Waals surface area contributed by atoms with Gasteiger partial charge >= 0.3 is 0 Å². The maximum Gasteiger partial charge on any atom is 0.167 e. The van der Waals surface area contributed by atoms with Gasteiger partial charge in [0, 0.05) is 0 Å². The van der Waals surface area contributed by atoms with Crippen LogP contribution >= 0.6 is 0 Å². The zero-order valence-electron chi connectivity index (χ0n) is 21.2. The van der Waals surface area contributed by atoms with Crippen molar-refractivity contribution < 1.29 is 14.2 Å². The standard InChI is InChI=1S/C30H33N3O3/c1-4-19-34-25-16-10-7-13-22(25)28-31-29(23-14-8-11-17-26(23)35-20-5-2)33-30(32-28)24-15-9-12-18-27(24)36-21-6-3/h7-18H,4-6,19-21H2,1-3H3. The first-order valence-corrected chi connectivity index (χ1v) is 12.7. The summed E-state index contributed by atoms with van der Waals surface area (Å²) in [6, 6.07) is 23.6. The fraction of sp³-hybridized carbons (Fsp3) is 0.300. The molecule has 0 N–H and O–H groups in total. The maximum atomic E-state index is 6.04. The number of hydrogen-bond donors (Lipinski definition) is 0. The average molecular weight is 484 g/mol. The average Bonchev–Trinajstić information content (AvgIpc) is 2.94. The minimum absolute atomic E-state index is 0.539. The Kier molecular flexibility index (Phi) is 8.87. The van der Waals surface area contributed by atoms with Crippen LogP contribution in [0.15, 0.2) is 72.8 Å². The molecule has 0 saturated heterocycles. The molecule has 0 radical (unpaired) electrons. The first kappa shape index (κ1) is 25.2. The van der Waals surface area contributed by atoms with Gasteiger partial charge in [-0.3, -0.25) is 0 Å². The van der Waals surface area contributed by atoms with Crippen LogP contribution in [0.1, 0.15) is 40.0 Å². The first-order chi connectivity index (χ1) is 17.7. The van der Waals surface area contributed by atoms with Gasteiger partial charge in [0.25, 0.3) is 0 Å². The molecule has 4 rings (SSSR count). The van der Waals surface area contributed by atoms with Crippen molar-refractivity contribution in [2.75, 3.05) is 19.8 Å². The molecule has 0 atom stereocenters. The monoisotopic (exact) mass is 483 g/mol. The second-order valence-electron chi connectivity index (χ2n) is 8.34. The van der Waals surface area contributed by atoms with E-state index in [9.17, 15) is 0 Å². The number of aromatic nitrogens is 3. The van der Waals surface area contributed by atoms with Crippen molar-refractivity contribution in [1.29, 1.82) is 0 Å². The summed E-state index contributed by atoms with van der Waals surface area (Å²) in [4.78, 5) is 14.7. The lowest BCUT2D eigenvalue weighted by molar-refractivity contribution is 0.318. The minimum atomic E-state index is 0.539. The van der Waals surface area contributed by atoms with Crippen LogP contribution in [0.4, 0.5) is 0 Å². The Morgan fingerprint density at radius 3 is 1.00 bits per heavy atom. The molecule has 1 heterocycles. The van der Waals surface area contributed by atoms with Crippen LogP contribution in [0.5, 0.6) is 17.2 Å². The topological polar surface area (TPSA) is 66.4 Å². The number of benzene rings is 3. The number of nitrogens with zero attached hydrogens (tertiary/aromatic N) is 3. The van der Waals surface area contributed by atoms with Gasteiger partial charge in [-0.2, -0.15) is 0 Å². The van der Waals surface area contributed by atoms with E-state index < -0.39 is 0 Å². The number of hydrogen-bond acceptors (Lipinski definition) is 6. The lowest BCUT2D eigenvalue weighted by Gasteiger charge is -2.15.